The fraction of sp³-hybridized carbons (Fsp3) is 0.267. The van der Waals surface area contributed by atoms with Gasteiger partial charge in [-0.05, 0) is 61.7 Å². The van der Waals surface area contributed by atoms with Gasteiger partial charge in [-0.3, -0.25) is 23.7 Å². The number of carbonyl (C=O) groups excluding carboxylic acids is 3. The van der Waals surface area contributed by atoms with E-state index in [4.69, 9.17) is 11.6 Å². The normalized spacial score (nSPS) is 18.9. The molecule has 4 aromatic rings. The van der Waals surface area contributed by atoms with Gasteiger partial charge >= 0.3 is 0 Å². The Morgan fingerprint density at radius 1 is 0.875 bits per heavy atom. The zero-order chi connectivity index (χ0) is 27.8. The molecular weight excluding hydrogens is 530 g/mol. The molecule has 9 nitrogen and oxygen atoms in total. The second kappa shape index (κ2) is 10.7. The van der Waals surface area contributed by atoms with E-state index in [1.165, 1.54) is 10.6 Å². The Hall–Kier alpha value is -4.37. The minimum Gasteiger partial charge on any atom is -0.360 e. The summed E-state index contributed by atoms with van der Waals surface area (Å²) in [6.07, 6.45) is 5.65. The van der Waals surface area contributed by atoms with E-state index in [9.17, 15) is 19.2 Å². The van der Waals surface area contributed by atoms with Crippen LogP contribution in [0.4, 0.5) is 0 Å². The topological polar surface area (TPSA) is 116 Å². The van der Waals surface area contributed by atoms with Crippen molar-refractivity contribution in [3.05, 3.63) is 99.6 Å². The van der Waals surface area contributed by atoms with Crippen molar-refractivity contribution in [1.29, 1.82) is 0 Å². The van der Waals surface area contributed by atoms with Gasteiger partial charge in [0.05, 0.1) is 17.1 Å². The molecular formula is C30H28ClN5O4. The van der Waals surface area contributed by atoms with Gasteiger partial charge in [-0.1, -0.05) is 23.7 Å². The van der Waals surface area contributed by atoms with Crippen LogP contribution in [0.15, 0.2) is 77.9 Å². The van der Waals surface area contributed by atoms with E-state index in [1.54, 1.807) is 71.9 Å². The van der Waals surface area contributed by atoms with E-state index in [2.05, 4.69) is 15.6 Å². The summed E-state index contributed by atoms with van der Waals surface area (Å²) >= 11 is 6.17. The number of nitrogens with one attached hydrogen (secondary N) is 3. The highest BCUT2D eigenvalue weighted by Gasteiger charge is 2.39. The van der Waals surface area contributed by atoms with Crippen LogP contribution in [0.25, 0.3) is 16.6 Å². The van der Waals surface area contributed by atoms with Crippen molar-refractivity contribution in [2.45, 2.75) is 31.3 Å². The number of nitrogens with zero attached hydrogens (tertiary/aromatic N) is 2. The smallest absolute Gasteiger partial charge is 0.255 e. The summed E-state index contributed by atoms with van der Waals surface area (Å²) in [6, 6.07) is 16.1. The number of hydrogen-bond acceptors (Lipinski definition) is 4. The highest BCUT2D eigenvalue weighted by molar-refractivity contribution is 6.35. The Morgan fingerprint density at radius 2 is 1.60 bits per heavy atom. The first-order chi connectivity index (χ1) is 19.4. The SMILES string of the molecule is O=C(N[C@H]1CCN(C(=O)C2CC2)C[C@H]1NC(=O)c1ccc(-n2ccccc2=O)cc1)c1ccc2c(Cl)c[nH]c2c1. The number of piperidine rings is 1. The summed E-state index contributed by atoms with van der Waals surface area (Å²) in [7, 11) is 0. The molecule has 3 heterocycles. The number of amides is 3. The van der Waals surface area contributed by atoms with Gasteiger partial charge in [0, 0.05) is 65.2 Å². The number of likely N-dealkylation sites (tertiary alicyclic amines) is 1. The lowest BCUT2D eigenvalue weighted by Gasteiger charge is -2.39. The zero-order valence-electron chi connectivity index (χ0n) is 21.6. The van der Waals surface area contributed by atoms with Crippen molar-refractivity contribution in [2.75, 3.05) is 13.1 Å². The second-order valence-corrected chi connectivity index (χ2v) is 10.8. The molecule has 1 aliphatic heterocycles. The molecule has 0 spiro atoms. The van der Waals surface area contributed by atoms with Crippen LogP contribution in [0, 0.1) is 5.92 Å². The lowest BCUT2D eigenvalue weighted by Crippen LogP contribution is -2.61. The summed E-state index contributed by atoms with van der Waals surface area (Å²) in [5.41, 5.74) is 2.12. The Morgan fingerprint density at radius 3 is 2.35 bits per heavy atom. The van der Waals surface area contributed by atoms with Crippen LogP contribution in [0.3, 0.4) is 0 Å². The van der Waals surface area contributed by atoms with Crippen LogP contribution in [-0.2, 0) is 4.79 Å². The van der Waals surface area contributed by atoms with Gasteiger partial charge in [-0.2, -0.15) is 0 Å². The van der Waals surface area contributed by atoms with Crippen molar-refractivity contribution >= 4 is 40.2 Å². The van der Waals surface area contributed by atoms with Gasteiger partial charge in [0.2, 0.25) is 5.91 Å². The van der Waals surface area contributed by atoms with Crippen LogP contribution in [-0.4, -0.2) is 57.3 Å². The maximum Gasteiger partial charge on any atom is 0.255 e. The molecule has 2 aromatic heterocycles. The number of fused-ring (bicyclic) bond motifs is 1. The third-order valence-corrected chi connectivity index (χ3v) is 7.92. The summed E-state index contributed by atoms with van der Waals surface area (Å²) < 4.78 is 1.49. The molecule has 10 heteroatoms. The molecule has 0 radical (unpaired) electrons. The first kappa shape index (κ1) is 25.9. The maximum absolute atomic E-state index is 13.3. The average Bonchev–Trinajstić information content (AvgIpc) is 3.76. The number of carbonyl (C=O) groups is 3. The Kier molecular flexibility index (Phi) is 6.89. The monoisotopic (exact) mass is 557 g/mol. The molecule has 0 bridgehead atoms. The fourth-order valence-corrected chi connectivity index (χ4v) is 5.43. The first-order valence-corrected chi connectivity index (χ1v) is 13.7. The van der Waals surface area contributed by atoms with Crippen molar-refractivity contribution in [1.82, 2.24) is 25.1 Å². The molecule has 2 aromatic carbocycles. The Bertz CT molecular complexity index is 1660. The van der Waals surface area contributed by atoms with Crippen LogP contribution < -0.4 is 16.2 Å². The predicted molar refractivity (Wildman–Crippen MR) is 152 cm³/mol. The minimum absolute atomic E-state index is 0.0655. The summed E-state index contributed by atoms with van der Waals surface area (Å²) in [5, 5.41) is 7.54. The summed E-state index contributed by atoms with van der Waals surface area (Å²) in [6.45, 7) is 0.827. The number of pyridine rings is 1. The van der Waals surface area contributed by atoms with E-state index in [-0.39, 0.29) is 35.2 Å². The van der Waals surface area contributed by atoms with E-state index in [0.717, 1.165) is 23.7 Å². The van der Waals surface area contributed by atoms with E-state index >= 15 is 0 Å². The van der Waals surface area contributed by atoms with Crippen molar-refractivity contribution in [3.8, 4) is 5.69 Å². The fourth-order valence-electron chi connectivity index (χ4n) is 5.21. The largest absolute Gasteiger partial charge is 0.360 e. The average molecular weight is 558 g/mol. The lowest BCUT2D eigenvalue weighted by molar-refractivity contribution is -0.134. The zero-order valence-corrected chi connectivity index (χ0v) is 22.4. The van der Waals surface area contributed by atoms with Gasteiger partial charge in [0.25, 0.3) is 17.4 Å². The molecule has 6 rings (SSSR count). The number of hydrogen-bond donors (Lipinski definition) is 3. The molecule has 1 aliphatic carbocycles. The molecule has 40 heavy (non-hydrogen) atoms. The van der Waals surface area contributed by atoms with Crippen molar-refractivity contribution in [2.24, 2.45) is 5.92 Å². The molecule has 1 saturated heterocycles. The highest BCUT2D eigenvalue weighted by Crippen LogP contribution is 2.32. The van der Waals surface area contributed by atoms with Crippen molar-refractivity contribution < 1.29 is 14.4 Å². The number of benzene rings is 2. The number of rotatable bonds is 6. The molecule has 1 saturated carbocycles. The third-order valence-electron chi connectivity index (χ3n) is 7.61. The number of H-pyrrole nitrogens is 1. The van der Waals surface area contributed by atoms with E-state index < -0.39 is 6.04 Å². The van der Waals surface area contributed by atoms with Gasteiger partial charge < -0.3 is 20.5 Å². The van der Waals surface area contributed by atoms with Crippen LogP contribution in [0.5, 0.6) is 0 Å². The standard InChI is InChI=1S/C30H28ClN5O4/c31-23-16-32-25-15-20(8-11-22(23)25)29(39)33-24-12-14-35(30(40)19-4-5-19)17-26(24)34-28(38)18-6-9-21(10-7-18)36-13-2-1-3-27(36)37/h1-3,6-11,13,15-16,19,24,26,32H,4-5,12,14,17H2,(H,33,39)(H,34,38)/t24-,26+/m0/s1. The molecule has 0 unspecified atom stereocenters. The highest BCUT2D eigenvalue weighted by atomic mass is 35.5. The van der Waals surface area contributed by atoms with Crippen molar-refractivity contribution in [3.63, 3.8) is 0 Å². The lowest BCUT2D eigenvalue weighted by atomic mass is 9.97. The third kappa shape index (κ3) is 5.24. The summed E-state index contributed by atoms with van der Waals surface area (Å²) in [4.78, 5) is 56.3. The molecule has 3 N–H and O–H groups in total. The maximum atomic E-state index is 13.3. The number of halogens is 1. The Labute approximate surface area is 235 Å². The van der Waals surface area contributed by atoms with E-state index in [1.807, 2.05) is 0 Å². The molecule has 2 aliphatic rings. The quantitative estimate of drug-likeness (QED) is 0.336. The van der Waals surface area contributed by atoms with E-state index in [0.29, 0.717) is 41.3 Å². The second-order valence-electron chi connectivity index (χ2n) is 10.4. The van der Waals surface area contributed by atoms with Gasteiger partial charge in [-0.25, -0.2) is 0 Å². The molecule has 2 fully saturated rings. The molecule has 3 amide bonds. The Balaban J connectivity index is 1.19. The van der Waals surface area contributed by atoms with Gasteiger partial charge in [0.15, 0.2) is 0 Å². The summed E-state index contributed by atoms with van der Waals surface area (Å²) in [5.74, 6) is -0.414. The van der Waals surface area contributed by atoms with Crippen LogP contribution in [0.2, 0.25) is 5.02 Å². The van der Waals surface area contributed by atoms with Crippen LogP contribution >= 0.6 is 11.6 Å². The predicted octanol–water partition coefficient (Wildman–Crippen LogP) is 3.51. The number of aromatic nitrogens is 2. The minimum atomic E-state index is -0.479. The number of aromatic amines is 1. The molecule has 204 valence electrons. The van der Waals surface area contributed by atoms with Gasteiger partial charge in [-0.15, -0.1) is 0 Å². The van der Waals surface area contributed by atoms with Crippen LogP contribution in [0.1, 0.15) is 40.0 Å². The van der Waals surface area contributed by atoms with Gasteiger partial charge in [0.1, 0.15) is 0 Å². The molecule has 2 atom stereocenters. The first-order valence-electron chi connectivity index (χ1n) is 13.3.